The number of hydrogen-bond acceptors (Lipinski definition) is 2. The topological polar surface area (TPSA) is 52.2 Å². The Morgan fingerprint density at radius 1 is 1.39 bits per heavy atom. The maximum Gasteiger partial charge on any atom is 0.187 e. The summed E-state index contributed by atoms with van der Waals surface area (Å²) >= 11 is 5.24. The molecule has 0 saturated heterocycles. The Morgan fingerprint density at radius 3 is 2.83 bits per heavy atom. The van der Waals surface area contributed by atoms with Crippen molar-refractivity contribution in [2.45, 2.75) is 45.1 Å². The SMILES string of the molecule is C/C(=N\NC(=S)NC1CCCCC1)c1ccc[nH]1. The van der Waals surface area contributed by atoms with Crippen molar-refractivity contribution in [2.24, 2.45) is 5.10 Å². The highest BCUT2D eigenvalue weighted by Crippen LogP contribution is 2.17. The van der Waals surface area contributed by atoms with Crippen molar-refractivity contribution in [1.29, 1.82) is 0 Å². The Morgan fingerprint density at radius 2 is 2.17 bits per heavy atom. The fraction of sp³-hybridized carbons (Fsp3) is 0.538. The van der Waals surface area contributed by atoms with Crippen LogP contribution in [0.2, 0.25) is 0 Å². The Hall–Kier alpha value is -1.36. The van der Waals surface area contributed by atoms with Crippen LogP contribution in [-0.4, -0.2) is 21.8 Å². The molecule has 0 bridgehead atoms. The van der Waals surface area contributed by atoms with Gasteiger partial charge in [-0.05, 0) is 44.1 Å². The van der Waals surface area contributed by atoms with Crippen molar-refractivity contribution in [3.05, 3.63) is 24.0 Å². The largest absolute Gasteiger partial charge is 0.360 e. The lowest BCUT2D eigenvalue weighted by molar-refractivity contribution is 0.412. The normalized spacial score (nSPS) is 17.5. The van der Waals surface area contributed by atoms with E-state index in [1.54, 1.807) is 0 Å². The molecule has 0 atom stereocenters. The minimum atomic E-state index is 0.514. The zero-order valence-electron chi connectivity index (χ0n) is 10.7. The Labute approximate surface area is 113 Å². The van der Waals surface area contributed by atoms with Crippen LogP contribution < -0.4 is 10.7 Å². The van der Waals surface area contributed by atoms with Crippen LogP contribution >= 0.6 is 12.2 Å². The average molecular weight is 264 g/mol. The maximum atomic E-state index is 5.24. The molecule has 3 N–H and O–H groups in total. The maximum absolute atomic E-state index is 5.24. The van der Waals surface area contributed by atoms with Gasteiger partial charge < -0.3 is 10.3 Å². The molecular formula is C13H20N4S. The summed E-state index contributed by atoms with van der Waals surface area (Å²) in [5, 5.41) is 8.20. The van der Waals surface area contributed by atoms with Gasteiger partial charge in [-0.3, -0.25) is 5.43 Å². The second kappa shape index (κ2) is 6.54. The number of nitrogens with one attached hydrogen (secondary N) is 3. The second-order valence-electron chi connectivity index (χ2n) is 4.70. The van der Waals surface area contributed by atoms with Gasteiger partial charge in [-0.1, -0.05) is 19.3 Å². The molecule has 5 heteroatoms. The van der Waals surface area contributed by atoms with Gasteiger partial charge in [-0.2, -0.15) is 5.10 Å². The van der Waals surface area contributed by atoms with Gasteiger partial charge in [0.25, 0.3) is 0 Å². The van der Waals surface area contributed by atoms with Crippen LogP contribution in [0.15, 0.2) is 23.4 Å². The molecule has 0 radical (unpaired) electrons. The van der Waals surface area contributed by atoms with Crippen LogP contribution in [0.3, 0.4) is 0 Å². The standard InChI is InChI=1S/C13H20N4S/c1-10(12-8-5-9-14-12)16-17-13(18)15-11-6-3-2-4-7-11/h5,8-9,11,14H,2-4,6-7H2,1H3,(H2,15,17,18)/b16-10+. The van der Waals surface area contributed by atoms with Crippen LogP contribution in [-0.2, 0) is 0 Å². The monoisotopic (exact) mass is 264 g/mol. The van der Waals surface area contributed by atoms with Crippen LogP contribution in [0.25, 0.3) is 0 Å². The molecule has 1 aromatic rings. The summed E-state index contributed by atoms with van der Waals surface area (Å²) in [6.07, 6.45) is 8.24. The summed E-state index contributed by atoms with van der Waals surface area (Å²) in [6.45, 7) is 1.95. The molecule has 98 valence electrons. The molecule has 18 heavy (non-hydrogen) atoms. The summed E-state index contributed by atoms with van der Waals surface area (Å²) in [6, 6.07) is 4.45. The molecule has 2 rings (SSSR count). The van der Waals surface area contributed by atoms with Gasteiger partial charge in [0.2, 0.25) is 0 Å². The summed E-state index contributed by atoms with van der Waals surface area (Å²) < 4.78 is 0. The summed E-state index contributed by atoms with van der Waals surface area (Å²) in [5.74, 6) is 0. The molecule has 0 unspecified atom stereocenters. The number of thiocarbonyl (C=S) groups is 1. The van der Waals surface area contributed by atoms with E-state index in [9.17, 15) is 0 Å². The first kappa shape index (κ1) is 13.1. The number of aromatic amines is 1. The minimum Gasteiger partial charge on any atom is -0.360 e. The van der Waals surface area contributed by atoms with E-state index in [1.807, 2.05) is 25.3 Å². The van der Waals surface area contributed by atoms with Crippen molar-refractivity contribution in [2.75, 3.05) is 0 Å². The number of nitrogens with zero attached hydrogens (tertiary/aromatic N) is 1. The fourth-order valence-electron chi connectivity index (χ4n) is 2.21. The number of aromatic nitrogens is 1. The first-order chi connectivity index (χ1) is 8.75. The lowest BCUT2D eigenvalue weighted by atomic mass is 9.96. The van der Waals surface area contributed by atoms with E-state index >= 15 is 0 Å². The van der Waals surface area contributed by atoms with Gasteiger partial charge in [-0.25, -0.2) is 0 Å². The highest BCUT2D eigenvalue weighted by atomic mass is 32.1. The van der Waals surface area contributed by atoms with Gasteiger partial charge in [0.15, 0.2) is 5.11 Å². The number of rotatable bonds is 3. The molecule has 1 fully saturated rings. The summed E-state index contributed by atoms with van der Waals surface area (Å²) in [7, 11) is 0. The first-order valence-electron chi connectivity index (χ1n) is 6.50. The summed E-state index contributed by atoms with van der Waals surface area (Å²) in [5.41, 5.74) is 4.81. The molecule has 4 nitrogen and oxygen atoms in total. The lowest BCUT2D eigenvalue weighted by Gasteiger charge is -2.23. The molecule has 1 heterocycles. The Kier molecular flexibility index (Phi) is 4.75. The fourth-order valence-corrected chi connectivity index (χ4v) is 2.43. The molecule has 0 amide bonds. The molecule has 0 aliphatic heterocycles. The third kappa shape index (κ3) is 3.84. The predicted octanol–water partition coefficient (Wildman–Crippen LogP) is 2.54. The molecular weight excluding hydrogens is 244 g/mol. The first-order valence-corrected chi connectivity index (χ1v) is 6.91. The Balaban J connectivity index is 1.78. The molecule has 1 aliphatic carbocycles. The number of H-pyrrole nitrogens is 1. The van der Waals surface area contributed by atoms with Gasteiger partial charge in [-0.15, -0.1) is 0 Å². The zero-order chi connectivity index (χ0) is 12.8. The Bertz CT molecular complexity index is 405. The van der Waals surface area contributed by atoms with E-state index in [0.29, 0.717) is 11.2 Å². The van der Waals surface area contributed by atoms with Gasteiger partial charge in [0, 0.05) is 12.2 Å². The quantitative estimate of drug-likeness (QED) is 0.447. The molecule has 1 aliphatic rings. The number of hydrazone groups is 1. The summed E-state index contributed by atoms with van der Waals surface area (Å²) in [4.78, 5) is 3.11. The zero-order valence-corrected chi connectivity index (χ0v) is 11.5. The highest BCUT2D eigenvalue weighted by molar-refractivity contribution is 7.80. The van der Waals surface area contributed by atoms with Crippen molar-refractivity contribution in [1.82, 2.24) is 15.7 Å². The van der Waals surface area contributed by atoms with Gasteiger partial charge >= 0.3 is 0 Å². The van der Waals surface area contributed by atoms with E-state index in [4.69, 9.17) is 12.2 Å². The van der Waals surface area contributed by atoms with E-state index < -0.39 is 0 Å². The second-order valence-corrected chi connectivity index (χ2v) is 5.11. The van der Waals surface area contributed by atoms with E-state index in [0.717, 1.165) is 11.4 Å². The smallest absolute Gasteiger partial charge is 0.187 e. The highest BCUT2D eigenvalue weighted by Gasteiger charge is 2.13. The van der Waals surface area contributed by atoms with E-state index in [-0.39, 0.29) is 0 Å². The molecule has 0 spiro atoms. The third-order valence-corrected chi connectivity index (χ3v) is 3.46. The van der Waals surface area contributed by atoms with Gasteiger partial charge in [0.1, 0.15) is 0 Å². The van der Waals surface area contributed by atoms with Gasteiger partial charge in [0.05, 0.1) is 11.4 Å². The number of hydrogen-bond donors (Lipinski definition) is 3. The molecule has 1 aromatic heterocycles. The van der Waals surface area contributed by atoms with Crippen LogP contribution in [0, 0.1) is 0 Å². The molecule has 0 aromatic carbocycles. The minimum absolute atomic E-state index is 0.514. The van der Waals surface area contributed by atoms with Crippen LogP contribution in [0.1, 0.15) is 44.7 Å². The van der Waals surface area contributed by atoms with Crippen molar-refractivity contribution >= 4 is 23.0 Å². The van der Waals surface area contributed by atoms with Crippen molar-refractivity contribution in [3.63, 3.8) is 0 Å². The van der Waals surface area contributed by atoms with Crippen molar-refractivity contribution in [3.8, 4) is 0 Å². The lowest BCUT2D eigenvalue weighted by Crippen LogP contribution is -2.41. The molecule has 1 saturated carbocycles. The van der Waals surface area contributed by atoms with Crippen LogP contribution in [0.4, 0.5) is 0 Å². The van der Waals surface area contributed by atoms with Crippen molar-refractivity contribution < 1.29 is 0 Å². The third-order valence-electron chi connectivity index (χ3n) is 3.25. The average Bonchev–Trinajstić information content (AvgIpc) is 2.91. The van der Waals surface area contributed by atoms with E-state index in [2.05, 4.69) is 20.8 Å². The predicted molar refractivity (Wildman–Crippen MR) is 78.7 cm³/mol. The van der Waals surface area contributed by atoms with Crippen LogP contribution in [0.5, 0.6) is 0 Å². The van der Waals surface area contributed by atoms with E-state index in [1.165, 1.54) is 32.1 Å².